The lowest BCUT2D eigenvalue weighted by Crippen LogP contribution is -2.54. The van der Waals surface area contributed by atoms with Crippen LogP contribution in [-0.2, 0) is 0 Å². The molecule has 0 saturated heterocycles. The third-order valence-corrected chi connectivity index (χ3v) is 8.36. The minimum Gasteiger partial charge on any atom is -0.375 e. The van der Waals surface area contributed by atoms with Gasteiger partial charge in [-0.1, -0.05) is 25.5 Å². The normalized spacial score (nSPS) is 53.7. The average Bonchev–Trinajstić information content (AvgIpc) is 2.79. The van der Waals surface area contributed by atoms with E-state index in [0.717, 1.165) is 24.7 Å². The number of fused-ring (bicyclic) bond motifs is 5. The predicted molar refractivity (Wildman–Crippen MR) is 86.9 cm³/mol. The number of hydrogen-bond acceptors (Lipinski definition) is 2. The highest BCUT2D eigenvalue weighted by Gasteiger charge is 2.64. The molecule has 0 bridgehead atoms. The number of allylic oxidation sites excluding steroid dienone is 2. The van der Waals surface area contributed by atoms with Crippen molar-refractivity contribution in [3.63, 3.8) is 0 Å². The van der Waals surface area contributed by atoms with E-state index in [1.54, 1.807) is 5.57 Å². The Morgan fingerprint density at radius 3 is 2.68 bits per heavy atom. The summed E-state index contributed by atoms with van der Waals surface area (Å²) in [5.41, 5.74) is 0.897. The molecule has 0 amide bonds. The zero-order chi connectivity index (χ0) is 15.6. The Hall–Kier alpha value is -0.810. The van der Waals surface area contributed by atoms with Crippen LogP contribution < -0.4 is 0 Å². The minimum atomic E-state index is -1.08. The van der Waals surface area contributed by atoms with E-state index in [1.807, 2.05) is 0 Å². The van der Waals surface area contributed by atoms with Crippen LogP contribution in [0.25, 0.3) is 0 Å². The molecule has 0 aliphatic heterocycles. The maximum Gasteiger partial charge on any atom is 0.156 e. The highest BCUT2D eigenvalue weighted by atomic mass is 16.3. The Morgan fingerprint density at radius 2 is 1.91 bits per heavy atom. The van der Waals surface area contributed by atoms with E-state index in [2.05, 4.69) is 26.0 Å². The van der Waals surface area contributed by atoms with E-state index >= 15 is 0 Å². The van der Waals surface area contributed by atoms with Crippen molar-refractivity contribution in [1.82, 2.24) is 0 Å². The molecule has 2 heteroatoms. The lowest BCUT2D eigenvalue weighted by molar-refractivity contribution is -0.100. The fourth-order valence-electron chi connectivity index (χ4n) is 6.95. The fourth-order valence-corrected chi connectivity index (χ4v) is 6.95. The molecule has 4 rings (SSSR count). The number of rotatable bonds is 0. The van der Waals surface area contributed by atoms with Gasteiger partial charge in [0.2, 0.25) is 0 Å². The van der Waals surface area contributed by atoms with E-state index in [1.165, 1.54) is 38.5 Å². The largest absolute Gasteiger partial charge is 0.375 e. The smallest absolute Gasteiger partial charge is 0.156 e. The van der Waals surface area contributed by atoms with Crippen molar-refractivity contribution in [2.24, 2.45) is 28.6 Å². The lowest BCUT2D eigenvalue weighted by atomic mass is 9.46. The summed E-state index contributed by atoms with van der Waals surface area (Å²) >= 11 is 0. The van der Waals surface area contributed by atoms with E-state index < -0.39 is 5.60 Å². The topological polar surface area (TPSA) is 44.0 Å². The SMILES string of the molecule is C[C@]12CCCC=C1CC[C@@H]1[C@@H]2CC[C@@]2(C)[C@H]1CC[C@]2(O)C#N. The van der Waals surface area contributed by atoms with Gasteiger partial charge in [0.1, 0.15) is 0 Å². The minimum absolute atomic E-state index is 0.171. The summed E-state index contributed by atoms with van der Waals surface area (Å²) in [7, 11) is 0. The van der Waals surface area contributed by atoms with Gasteiger partial charge in [-0.05, 0) is 81.0 Å². The van der Waals surface area contributed by atoms with Gasteiger partial charge in [0.05, 0.1) is 6.07 Å². The maximum atomic E-state index is 10.9. The summed E-state index contributed by atoms with van der Waals surface area (Å²) in [5.74, 6) is 2.06. The first-order chi connectivity index (χ1) is 10.4. The molecule has 0 aromatic heterocycles. The van der Waals surface area contributed by atoms with Gasteiger partial charge in [0.15, 0.2) is 5.60 Å². The Labute approximate surface area is 134 Å². The molecule has 3 fully saturated rings. The van der Waals surface area contributed by atoms with Gasteiger partial charge in [-0.25, -0.2) is 0 Å². The molecule has 6 atom stereocenters. The van der Waals surface area contributed by atoms with Gasteiger partial charge < -0.3 is 5.11 Å². The van der Waals surface area contributed by atoms with Gasteiger partial charge >= 0.3 is 0 Å². The summed E-state index contributed by atoms with van der Waals surface area (Å²) < 4.78 is 0. The van der Waals surface area contributed by atoms with Crippen LogP contribution >= 0.6 is 0 Å². The van der Waals surface area contributed by atoms with E-state index in [0.29, 0.717) is 17.8 Å². The van der Waals surface area contributed by atoms with Gasteiger partial charge in [0, 0.05) is 5.41 Å². The molecule has 22 heavy (non-hydrogen) atoms. The van der Waals surface area contributed by atoms with Crippen molar-refractivity contribution in [2.45, 2.75) is 77.2 Å². The van der Waals surface area contributed by atoms with Gasteiger partial charge in [-0.2, -0.15) is 5.26 Å². The van der Waals surface area contributed by atoms with Crippen LogP contribution in [0, 0.1) is 39.9 Å². The number of aliphatic hydroxyl groups is 1. The summed E-state index contributed by atoms with van der Waals surface area (Å²) in [6.45, 7) is 4.72. The van der Waals surface area contributed by atoms with Gasteiger partial charge in [-0.3, -0.25) is 0 Å². The van der Waals surface area contributed by atoms with Crippen LogP contribution in [0.2, 0.25) is 0 Å². The van der Waals surface area contributed by atoms with E-state index in [-0.39, 0.29) is 5.41 Å². The Kier molecular flexibility index (Phi) is 3.09. The summed E-state index contributed by atoms with van der Waals surface area (Å²) in [6.07, 6.45) is 13.0. The zero-order valence-corrected chi connectivity index (χ0v) is 14.1. The van der Waals surface area contributed by atoms with Crippen LogP contribution in [0.1, 0.15) is 71.6 Å². The first-order valence-corrected chi connectivity index (χ1v) is 9.28. The van der Waals surface area contributed by atoms with Crippen molar-refractivity contribution in [3.8, 4) is 6.07 Å². The van der Waals surface area contributed by atoms with Crippen molar-refractivity contribution in [2.75, 3.05) is 0 Å². The standard InChI is InChI=1S/C20H29NO/c1-18-10-4-3-5-14(18)6-7-15-16(18)8-11-19(2)17(15)9-12-20(19,22)13-21/h5,15-17,22H,3-4,6-12H2,1-2H3/t15-,16+,17+,18+,19+,20+/m1/s1. The molecular formula is C20H29NO. The average molecular weight is 299 g/mol. The van der Waals surface area contributed by atoms with Crippen LogP contribution in [0.15, 0.2) is 11.6 Å². The molecule has 4 aliphatic carbocycles. The highest BCUT2D eigenvalue weighted by molar-refractivity contribution is 5.26. The molecule has 0 heterocycles. The van der Waals surface area contributed by atoms with Gasteiger partial charge in [-0.15, -0.1) is 0 Å². The second kappa shape index (κ2) is 4.60. The van der Waals surface area contributed by atoms with Crippen molar-refractivity contribution >= 4 is 0 Å². The summed E-state index contributed by atoms with van der Waals surface area (Å²) in [4.78, 5) is 0. The fraction of sp³-hybridized carbons (Fsp3) is 0.850. The van der Waals surface area contributed by atoms with E-state index in [9.17, 15) is 10.4 Å². The Morgan fingerprint density at radius 1 is 1.14 bits per heavy atom. The first kappa shape index (κ1) is 14.8. The molecule has 0 aromatic rings. The zero-order valence-electron chi connectivity index (χ0n) is 14.1. The Bertz CT molecular complexity index is 561. The van der Waals surface area contributed by atoms with Gasteiger partial charge in [0.25, 0.3) is 0 Å². The molecule has 3 saturated carbocycles. The van der Waals surface area contributed by atoms with Crippen LogP contribution in [-0.4, -0.2) is 10.7 Å². The second-order valence-electron chi connectivity index (χ2n) is 8.92. The Balaban J connectivity index is 1.70. The molecular weight excluding hydrogens is 270 g/mol. The molecule has 0 aromatic carbocycles. The van der Waals surface area contributed by atoms with E-state index in [4.69, 9.17) is 0 Å². The molecule has 1 N–H and O–H groups in total. The highest BCUT2D eigenvalue weighted by Crippen LogP contribution is 2.67. The molecule has 0 spiro atoms. The monoisotopic (exact) mass is 299 g/mol. The molecule has 120 valence electrons. The van der Waals surface area contributed by atoms with Crippen molar-refractivity contribution in [3.05, 3.63) is 11.6 Å². The number of nitrogens with zero attached hydrogens (tertiary/aromatic N) is 1. The first-order valence-electron chi connectivity index (χ1n) is 9.28. The molecule has 0 unspecified atom stereocenters. The van der Waals surface area contributed by atoms with Crippen molar-refractivity contribution < 1.29 is 5.11 Å². The second-order valence-corrected chi connectivity index (χ2v) is 8.92. The molecule has 2 nitrogen and oxygen atoms in total. The summed E-state index contributed by atoms with van der Waals surface area (Å²) in [6, 6.07) is 2.29. The molecule has 4 aliphatic rings. The third kappa shape index (κ3) is 1.64. The lowest BCUT2D eigenvalue weighted by Gasteiger charge is -2.58. The molecule has 0 radical (unpaired) electrons. The number of nitriles is 1. The van der Waals surface area contributed by atoms with Crippen LogP contribution in [0.5, 0.6) is 0 Å². The van der Waals surface area contributed by atoms with Crippen LogP contribution in [0.4, 0.5) is 0 Å². The quantitative estimate of drug-likeness (QED) is 0.525. The number of hydrogen-bond donors (Lipinski definition) is 1. The summed E-state index contributed by atoms with van der Waals surface area (Å²) in [5, 5.41) is 20.4. The van der Waals surface area contributed by atoms with Crippen molar-refractivity contribution in [1.29, 1.82) is 5.26 Å². The maximum absolute atomic E-state index is 10.9. The predicted octanol–water partition coefficient (Wildman–Crippen LogP) is 4.59. The third-order valence-electron chi connectivity index (χ3n) is 8.36. The van der Waals surface area contributed by atoms with Crippen LogP contribution in [0.3, 0.4) is 0 Å².